The zero-order valence-electron chi connectivity index (χ0n) is 51.4. The molecule has 0 saturated carbocycles. The number of esters is 3. The largest absolute Gasteiger partial charge is 0.462 e. The number of carbonyl (C=O) groups excluding carboxylic acids is 3. The summed E-state index contributed by atoms with van der Waals surface area (Å²) in [4.78, 5) is 38.4. The van der Waals surface area contributed by atoms with Gasteiger partial charge in [0.1, 0.15) is 13.2 Å². The van der Waals surface area contributed by atoms with Gasteiger partial charge >= 0.3 is 17.9 Å². The first-order chi connectivity index (χ1) is 38.5. The number of unbranched alkanes of at least 4 members (excludes halogenated alkanes) is 33. The summed E-state index contributed by atoms with van der Waals surface area (Å²) in [5.41, 5.74) is 0. The predicted molar refractivity (Wildman–Crippen MR) is 339 cm³/mol. The van der Waals surface area contributed by atoms with Gasteiger partial charge in [0, 0.05) is 19.3 Å². The normalized spacial score (nSPS) is 12.7. The van der Waals surface area contributed by atoms with Crippen molar-refractivity contribution in [3.8, 4) is 0 Å². The lowest BCUT2D eigenvalue weighted by atomic mass is 10.0. The molecule has 0 heterocycles. The SMILES string of the molecule is CC/C=C\C/C=C\C/C=C\C/C=C\C/C=C\C/C=C\CCCCCCCCC(=O)OCC(COC(=O)CCCCCCCCCCCCCCCC)OC(=O)CCCCCCCCCCC/C=C\C/C=C\CCCCCCC. The molecule has 0 radical (unpaired) electrons. The third-order valence-electron chi connectivity index (χ3n) is 14.3. The van der Waals surface area contributed by atoms with Crippen LogP contribution in [0, 0.1) is 0 Å². The molecule has 0 aromatic carbocycles. The van der Waals surface area contributed by atoms with Gasteiger partial charge in [0.05, 0.1) is 0 Å². The second-order valence-electron chi connectivity index (χ2n) is 22.0. The predicted octanol–water partition coefficient (Wildman–Crippen LogP) is 22.8. The highest BCUT2D eigenvalue weighted by molar-refractivity contribution is 5.71. The number of ether oxygens (including phenoxy) is 3. The monoisotopic (exact) mass is 1080 g/mol. The van der Waals surface area contributed by atoms with E-state index in [1.165, 1.54) is 167 Å². The minimum Gasteiger partial charge on any atom is -0.462 e. The summed E-state index contributed by atoms with van der Waals surface area (Å²) in [6, 6.07) is 0. The van der Waals surface area contributed by atoms with Gasteiger partial charge in [-0.1, -0.05) is 298 Å². The van der Waals surface area contributed by atoms with E-state index in [2.05, 4.69) is 118 Å². The van der Waals surface area contributed by atoms with E-state index in [9.17, 15) is 14.4 Å². The van der Waals surface area contributed by atoms with Gasteiger partial charge in [0.2, 0.25) is 0 Å². The molecule has 0 aromatic heterocycles. The van der Waals surface area contributed by atoms with Crippen molar-refractivity contribution < 1.29 is 28.6 Å². The van der Waals surface area contributed by atoms with Crippen molar-refractivity contribution in [1.29, 1.82) is 0 Å². The Hall–Kier alpha value is -3.67. The Morgan fingerprint density at radius 1 is 0.269 bits per heavy atom. The van der Waals surface area contributed by atoms with Crippen LogP contribution in [0.25, 0.3) is 0 Å². The lowest BCUT2D eigenvalue weighted by Gasteiger charge is -2.18. The van der Waals surface area contributed by atoms with Crippen LogP contribution >= 0.6 is 0 Å². The summed E-state index contributed by atoms with van der Waals surface area (Å²) in [7, 11) is 0. The molecule has 1 unspecified atom stereocenters. The van der Waals surface area contributed by atoms with Gasteiger partial charge in [0.15, 0.2) is 6.10 Å². The Kier molecular flexibility index (Phi) is 62.7. The number of allylic oxidation sites excluding steroid dienone is 16. The number of hydrogen-bond acceptors (Lipinski definition) is 6. The van der Waals surface area contributed by atoms with E-state index in [4.69, 9.17) is 14.2 Å². The van der Waals surface area contributed by atoms with Gasteiger partial charge < -0.3 is 14.2 Å². The molecule has 0 aliphatic carbocycles. The van der Waals surface area contributed by atoms with E-state index < -0.39 is 6.10 Å². The highest BCUT2D eigenvalue weighted by atomic mass is 16.6. The second-order valence-corrected chi connectivity index (χ2v) is 22.0. The molecule has 0 rings (SSSR count). The fourth-order valence-corrected chi connectivity index (χ4v) is 9.36. The Bertz CT molecular complexity index is 1530. The lowest BCUT2D eigenvalue weighted by Crippen LogP contribution is -2.30. The summed E-state index contributed by atoms with van der Waals surface area (Å²) >= 11 is 0. The van der Waals surface area contributed by atoms with Gasteiger partial charge in [-0.2, -0.15) is 0 Å². The van der Waals surface area contributed by atoms with Crippen LogP contribution in [-0.4, -0.2) is 37.2 Å². The summed E-state index contributed by atoms with van der Waals surface area (Å²) in [5, 5.41) is 0. The van der Waals surface area contributed by atoms with Gasteiger partial charge in [-0.05, 0) is 103 Å². The molecule has 0 saturated heterocycles. The molecule has 0 aromatic rings. The highest BCUT2D eigenvalue weighted by Gasteiger charge is 2.19. The van der Waals surface area contributed by atoms with Crippen molar-refractivity contribution >= 4 is 17.9 Å². The van der Waals surface area contributed by atoms with E-state index in [0.717, 1.165) is 116 Å². The Balaban J connectivity index is 4.38. The maximum Gasteiger partial charge on any atom is 0.306 e. The number of rotatable bonds is 60. The van der Waals surface area contributed by atoms with E-state index in [1.807, 2.05) is 0 Å². The Morgan fingerprint density at radius 2 is 0.500 bits per heavy atom. The first-order valence-corrected chi connectivity index (χ1v) is 33.2. The van der Waals surface area contributed by atoms with E-state index in [0.29, 0.717) is 19.3 Å². The Morgan fingerprint density at radius 3 is 0.782 bits per heavy atom. The molecule has 6 heteroatoms. The van der Waals surface area contributed by atoms with Crippen LogP contribution in [-0.2, 0) is 28.6 Å². The molecule has 1 atom stereocenters. The van der Waals surface area contributed by atoms with Crippen molar-refractivity contribution in [2.45, 2.75) is 329 Å². The topological polar surface area (TPSA) is 78.9 Å². The molecule has 0 amide bonds. The number of hydrogen-bond donors (Lipinski definition) is 0. The molecule has 0 bridgehead atoms. The van der Waals surface area contributed by atoms with Crippen LogP contribution in [0.5, 0.6) is 0 Å². The molecule has 0 fully saturated rings. The van der Waals surface area contributed by atoms with Crippen molar-refractivity contribution in [2.75, 3.05) is 13.2 Å². The molecule has 6 nitrogen and oxygen atoms in total. The average Bonchev–Trinajstić information content (AvgIpc) is 3.44. The average molecular weight is 1090 g/mol. The molecule has 0 spiro atoms. The minimum atomic E-state index is -0.787. The van der Waals surface area contributed by atoms with Crippen molar-refractivity contribution in [3.63, 3.8) is 0 Å². The number of carbonyl (C=O) groups is 3. The van der Waals surface area contributed by atoms with Crippen LogP contribution < -0.4 is 0 Å². The molecular weight excluding hydrogens is 961 g/mol. The molecule has 448 valence electrons. The molecular formula is C72H124O6. The Labute approximate surface area is 483 Å². The quantitative estimate of drug-likeness (QED) is 0.0261. The molecule has 0 aliphatic rings. The fourth-order valence-electron chi connectivity index (χ4n) is 9.36. The van der Waals surface area contributed by atoms with Crippen LogP contribution in [0.4, 0.5) is 0 Å². The standard InChI is InChI=1S/C72H124O6/c1-4-7-10-13-16-19-22-25-28-30-32-34-35-36-37-39-40-42-44-47-50-53-56-59-62-65-71(74)77-68-69(67-76-70(73)64-61-58-55-52-49-46-27-24-21-18-15-12-9-6-3)78-72(75)66-63-60-57-54-51-48-45-43-41-38-33-31-29-26-23-20-17-14-11-8-5-2/h7,10,16,19,23,25-26,28,31-34,36-37,40,42,69H,4-6,8-9,11-15,17-18,20-22,24,27,29-30,35,38-39,41,43-68H2,1-3H3/b10-7-,19-16-,26-23-,28-25-,33-31-,34-32-,37-36-,42-40-. The third-order valence-corrected chi connectivity index (χ3v) is 14.3. The molecule has 0 N–H and O–H groups in total. The summed E-state index contributed by atoms with van der Waals surface area (Å²) in [6.45, 7) is 6.53. The maximum absolute atomic E-state index is 12.9. The molecule has 78 heavy (non-hydrogen) atoms. The van der Waals surface area contributed by atoms with Gasteiger partial charge in [-0.3, -0.25) is 14.4 Å². The van der Waals surface area contributed by atoms with Crippen LogP contribution in [0.1, 0.15) is 323 Å². The van der Waals surface area contributed by atoms with E-state index in [-0.39, 0.29) is 31.1 Å². The van der Waals surface area contributed by atoms with E-state index in [1.54, 1.807) is 0 Å². The van der Waals surface area contributed by atoms with E-state index >= 15 is 0 Å². The third kappa shape index (κ3) is 63.2. The highest BCUT2D eigenvalue weighted by Crippen LogP contribution is 2.16. The van der Waals surface area contributed by atoms with Crippen LogP contribution in [0.15, 0.2) is 97.2 Å². The van der Waals surface area contributed by atoms with Gasteiger partial charge in [-0.15, -0.1) is 0 Å². The molecule has 0 aliphatic heterocycles. The van der Waals surface area contributed by atoms with Crippen molar-refractivity contribution in [1.82, 2.24) is 0 Å². The van der Waals surface area contributed by atoms with Crippen LogP contribution in [0.2, 0.25) is 0 Å². The first-order valence-electron chi connectivity index (χ1n) is 33.2. The van der Waals surface area contributed by atoms with Gasteiger partial charge in [-0.25, -0.2) is 0 Å². The lowest BCUT2D eigenvalue weighted by molar-refractivity contribution is -0.167. The van der Waals surface area contributed by atoms with Gasteiger partial charge in [0.25, 0.3) is 0 Å². The summed E-state index contributed by atoms with van der Waals surface area (Å²) in [5.74, 6) is -0.887. The summed E-state index contributed by atoms with van der Waals surface area (Å²) < 4.78 is 16.9. The van der Waals surface area contributed by atoms with Crippen LogP contribution in [0.3, 0.4) is 0 Å². The second kappa shape index (κ2) is 65.8. The zero-order chi connectivity index (χ0) is 56.4. The van der Waals surface area contributed by atoms with Crippen molar-refractivity contribution in [2.24, 2.45) is 0 Å². The smallest absolute Gasteiger partial charge is 0.306 e. The maximum atomic E-state index is 12.9. The zero-order valence-corrected chi connectivity index (χ0v) is 51.4. The van der Waals surface area contributed by atoms with Crippen molar-refractivity contribution in [3.05, 3.63) is 97.2 Å². The minimum absolute atomic E-state index is 0.0814. The summed E-state index contributed by atoms with van der Waals surface area (Å²) in [6.07, 6.45) is 88.4. The first kappa shape index (κ1) is 74.3. The fraction of sp³-hybridized carbons (Fsp3) is 0.736.